The van der Waals surface area contributed by atoms with E-state index >= 15 is 0 Å². The Hall–Kier alpha value is -2.92. The third kappa shape index (κ3) is 4.98. The Morgan fingerprint density at radius 3 is 2.41 bits per heavy atom. The van der Waals surface area contributed by atoms with Crippen LogP contribution in [0.5, 0.6) is 0 Å². The molecule has 37 heavy (non-hydrogen) atoms. The fourth-order valence-electron chi connectivity index (χ4n) is 6.10. The Balaban J connectivity index is 1.60. The molecule has 0 amide bonds. The average Bonchev–Trinajstić information content (AvgIpc) is 2.88. The van der Waals surface area contributed by atoms with E-state index in [0.29, 0.717) is 18.1 Å². The molecule has 5 nitrogen and oxygen atoms in total. The van der Waals surface area contributed by atoms with Crippen molar-refractivity contribution in [1.82, 2.24) is 9.97 Å². The van der Waals surface area contributed by atoms with E-state index in [1.807, 2.05) is 7.11 Å². The SMILES string of the molecule is COC1CCN(c2nc(-c3c(C)cccc3C)nc3c2CN(c2cc(C(C)C)ccc2C)CC3)C(C)C1. The molecule has 0 saturated carbocycles. The van der Waals surface area contributed by atoms with E-state index < -0.39 is 0 Å². The lowest BCUT2D eigenvalue weighted by Gasteiger charge is -2.41. The first kappa shape index (κ1) is 25.7. The van der Waals surface area contributed by atoms with Gasteiger partial charge in [0.2, 0.25) is 0 Å². The maximum Gasteiger partial charge on any atom is 0.162 e. The van der Waals surface area contributed by atoms with Crippen LogP contribution in [0, 0.1) is 20.8 Å². The molecule has 0 radical (unpaired) electrons. The van der Waals surface area contributed by atoms with Crippen LogP contribution in [0.25, 0.3) is 11.4 Å². The van der Waals surface area contributed by atoms with E-state index in [1.165, 1.54) is 44.8 Å². The Bertz CT molecular complexity index is 1260. The van der Waals surface area contributed by atoms with E-state index in [9.17, 15) is 0 Å². The number of nitrogens with zero attached hydrogens (tertiary/aromatic N) is 4. The van der Waals surface area contributed by atoms with E-state index in [4.69, 9.17) is 14.7 Å². The van der Waals surface area contributed by atoms with Crippen LogP contribution < -0.4 is 9.80 Å². The molecular formula is C32H42N4O. The fraction of sp³-hybridized carbons (Fsp3) is 0.500. The summed E-state index contributed by atoms with van der Waals surface area (Å²) in [6.07, 6.45) is 3.29. The minimum absolute atomic E-state index is 0.319. The molecule has 3 aromatic rings. The molecule has 0 N–H and O–H groups in total. The normalized spacial score (nSPS) is 19.9. The van der Waals surface area contributed by atoms with Crippen LogP contribution >= 0.6 is 0 Å². The molecule has 1 saturated heterocycles. The second-order valence-corrected chi connectivity index (χ2v) is 11.4. The van der Waals surface area contributed by atoms with Crippen molar-refractivity contribution in [1.29, 1.82) is 0 Å². The Kier molecular flexibility index (Phi) is 7.26. The largest absolute Gasteiger partial charge is 0.381 e. The minimum Gasteiger partial charge on any atom is -0.381 e. The van der Waals surface area contributed by atoms with E-state index in [2.05, 4.69) is 87.7 Å². The first-order chi connectivity index (χ1) is 17.8. The Morgan fingerprint density at radius 1 is 0.973 bits per heavy atom. The fourth-order valence-corrected chi connectivity index (χ4v) is 6.10. The third-order valence-electron chi connectivity index (χ3n) is 8.42. The summed E-state index contributed by atoms with van der Waals surface area (Å²) in [6, 6.07) is 13.8. The highest BCUT2D eigenvalue weighted by Crippen LogP contribution is 2.37. The molecule has 1 aromatic heterocycles. The van der Waals surface area contributed by atoms with Crippen LogP contribution in [-0.2, 0) is 17.7 Å². The highest BCUT2D eigenvalue weighted by Gasteiger charge is 2.32. The number of methoxy groups -OCH3 is 1. The van der Waals surface area contributed by atoms with Crippen LogP contribution in [0.3, 0.4) is 0 Å². The van der Waals surface area contributed by atoms with Gasteiger partial charge in [-0.25, -0.2) is 9.97 Å². The van der Waals surface area contributed by atoms with Gasteiger partial charge in [-0.15, -0.1) is 0 Å². The van der Waals surface area contributed by atoms with Gasteiger partial charge >= 0.3 is 0 Å². The van der Waals surface area contributed by atoms with Crippen LogP contribution in [-0.4, -0.2) is 42.3 Å². The Morgan fingerprint density at radius 2 is 1.73 bits per heavy atom. The first-order valence-electron chi connectivity index (χ1n) is 13.9. The molecule has 0 bridgehead atoms. The topological polar surface area (TPSA) is 41.5 Å². The maximum atomic E-state index is 5.73. The van der Waals surface area contributed by atoms with Crippen LogP contribution in [0.15, 0.2) is 36.4 Å². The molecule has 196 valence electrons. The summed E-state index contributed by atoms with van der Waals surface area (Å²) in [4.78, 5) is 15.6. The van der Waals surface area contributed by atoms with Crippen molar-refractivity contribution >= 4 is 11.5 Å². The van der Waals surface area contributed by atoms with Crippen molar-refractivity contribution in [3.05, 3.63) is 69.9 Å². The second kappa shape index (κ2) is 10.4. The molecule has 2 aliphatic heterocycles. The van der Waals surface area contributed by atoms with Crippen molar-refractivity contribution in [2.45, 2.75) is 85.4 Å². The van der Waals surface area contributed by atoms with Crippen LogP contribution in [0.2, 0.25) is 0 Å². The van der Waals surface area contributed by atoms with E-state index in [0.717, 1.165) is 50.5 Å². The maximum absolute atomic E-state index is 5.73. The summed E-state index contributed by atoms with van der Waals surface area (Å²) in [6.45, 7) is 16.2. The van der Waals surface area contributed by atoms with Gasteiger partial charge in [0.05, 0.1) is 11.8 Å². The summed E-state index contributed by atoms with van der Waals surface area (Å²) in [7, 11) is 1.84. The smallest absolute Gasteiger partial charge is 0.162 e. The van der Waals surface area contributed by atoms with Gasteiger partial charge in [-0.05, 0) is 74.8 Å². The number of rotatable bonds is 5. The molecule has 5 rings (SSSR count). The van der Waals surface area contributed by atoms with Crippen molar-refractivity contribution in [2.24, 2.45) is 0 Å². The average molecular weight is 499 g/mol. The standard InChI is InChI=1S/C32H42N4O/c1-20(2)25-12-11-21(3)29(18-25)35-15-14-28-27(19-35)32(36-16-13-26(37-7)17-24(36)6)34-31(33-28)30-22(4)9-8-10-23(30)5/h8-12,18,20,24,26H,13-17,19H2,1-7H3. The summed E-state index contributed by atoms with van der Waals surface area (Å²) >= 11 is 0. The first-order valence-corrected chi connectivity index (χ1v) is 13.9. The van der Waals surface area contributed by atoms with Gasteiger partial charge < -0.3 is 14.5 Å². The van der Waals surface area contributed by atoms with Gasteiger partial charge in [0, 0.05) is 56.0 Å². The van der Waals surface area contributed by atoms with E-state index in [-0.39, 0.29) is 0 Å². The lowest BCUT2D eigenvalue weighted by Crippen LogP contribution is -2.45. The lowest BCUT2D eigenvalue weighted by atomic mass is 9.96. The Labute approximate surface area is 222 Å². The number of benzene rings is 2. The van der Waals surface area contributed by atoms with Gasteiger partial charge in [-0.3, -0.25) is 0 Å². The quantitative estimate of drug-likeness (QED) is 0.389. The van der Waals surface area contributed by atoms with Crippen molar-refractivity contribution in [3.63, 3.8) is 0 Å². The van der Waals surface area contributed by atoms with Gasteiger partial charge in [-0.1, -0.05) is 44.2 Å². The van der Waals surface area contributed by atoms with Gasteiger partial charge in [0.1, 0.15) is 5.82 Å². The summed E-state index contributed by atoms with van der Waals surface area (Å²) in [5, 5.41) is 0. The van der Waals surface area contributed by atoms with E-state index in [1.54, 1.807) is 0 Å². The molecule has 2 atom stereocenters. The number of ether oxygens (including phenoxy) is 1. The molecule has 0 spiro atoms. The summed E-state index contributed by atoms with van der Waals surface area (Å²) in [5.74, 6) is 2.50. The summed E-state index contributed by atoms with van der Waals surface area (Å²) in [5.41, 5.74) is 10.2. The van der Waals surface area contributed by atoms with Crippen molar-refractivity contribution in [3.8, 4) is 11.4 Å². The van der Waals surface area contributed by atoms with Crippen molar-refractivity contribution in [2.75, 3.05) is 30.0 Å². The van der Waals surface area contributed by atoms with Gasteiger partial charge in [0.25, 0.3) is 0 Å². The van der Waals surface area contributed by atoms with Gasteiger partial charge in [-0.2, -0.15) is 0 Å². The number of fused-ring (bicyclic) bond motifs is 1. The van der Waals surface area contributed by atoms with Crippen LogP contribution in [0.4, 0.5) is 11.5 Å². The predicted octanol–water partition coefficient (Wildman–Crippen LogP) is 6.76. The van der Waals surface area contributed by atoms with Crippen LogP contribution in [0.1, 0.15) is 73.0 Å². The molecule has 3 heterocycles. The predicted molar refractivity (Wildman–Crippen MR) is 154 cm³/mol. The molecule has 1 fully saturated rings. The molecule has 2 aromatic carbocycles. The molecule has 0 aliphatic carbocycles. The number of hydrogen-bond donors (Lipinski definition) is 0. The second-order valence-electron chi connectivity index (χ2n) is 11.4. The number of aromatic nitrogens is 2. The lowest BCUT2D eigenvalue weighted by molar-refractivity contribution is 0.0719. The molecule has 5 heteroatoms. The molecule has 2 unspecified atom stereocenters. The molecular weight excluding hydrogens is 456 g/mol. The highest BCUT2D eigenvalue weighted by molar-refractivity contribution is 5.68. The summed E-state index contributed by atoms with van der Waals surface area (Å²) < 4.78 is 5.73. The highest BCUT2D eigenvalue weighted by atomic mass is 16.5. The minimum atomic E-state index is 0.319. The van der Waals surface area contributed by atoms with Gasteiger partial charge in [0.15, 0.2) is 5.82 Å². The number of piperidine rings is 1. The zero-order valence-corrected chi connectivity index (χ0v) is 23.6. The molecule has 2 aliphatic rings. The number of anilines is 2. The number of hydrogen-bond acceptors (Lipinski definition) is 5. The third-order valence-corrected chi connectivity index (χ3v) is 8.42. The zero-order valence-electron chi connectivity index (χ0n) is 23.6. The zero-order chi connectivity index (χ0) is 26.3. The monoisotopic (exact) mass is 498 g/mol. The van der Waals surface area contributed by atoms with Crippen molar-refractivity contribution < 1.29 is 4.74 Å². The number of aryl methyl sites for hydroxylation is 3.